The molecule has 3 heterocycles. The first-order valence-corrected chi connectivity index (χ1v) is 12.6. The van der Waals surface area contributed by atoms with Crippen LogP contribution in [-0.4, -0.2) is 71.8 Å². The zero-order chi connectivity index (χ0) is 24.4. The first-order valence-electron chi connectivity index (χ1n) is 12.6. The number of ether oxygens (including phenoxy) is 1. The van der Waals surface area contributed by atoms with Crippen molar-refractivity contribution in [3.63, 3.8) is 0 Å². The summed E-state index contributed by atoms with van der Waals surface area (Å²) in [7, 11) is 1.63. The summed E-state index contributed by atoms with van der Waals surface area (Å²) in [6, 6.07) is 15.6. The van der Waals surface area contributed by atoms with Crippen molar-refractivity contribution in [3.8, 4) is 5.75 Å². The maximum Gasteiger partial charge on any atom is 0.254 e. The van der Waals surface area contributed by atoms with Crippen LogP contribution in [-0.2, 0) is 22.6 Å². The van der Waals surface area contributed by atoms with Gasteiger partial charge in [0.25, 0.3) is 5.91 Å². The molecule has 0 N–H and O–H groups in total. The van der Waals surface area contributed by atoms with E-state index in [-0.39, 0.29) is 29.7 Å². The van der Waals surface area contributed by atoms with Crippen LogP contribution in [0, 0.1) is 5.92 Å². The van der Waals surface area contributed by atoms with Gasteiger partial charge in [0.2, 0.25) is 11.8 Å². The van der Waals surface area contributed by atoms with Crippen molar-refractivity contribution in [1.29, 1.82) is 0 Å². The standard InChI is InChI=1S/C28H33N3O4/c1-35-24-8-6-20(7-9-24)18-26(32)29-14-10-21(11-15-29)27(33)30-16-12-23(13-17-30)31-19-22-4-2-3-5-25(22)28(31)34/h2-9,21,23H,10-19H2,1H3. The van der Waals surface area contributed by atoms with Crippen molar-refractivity contribution in [3.05, 3.63) is 65.2 Å². The molecule has 0 atom stereocenters. The second kappa shape index (κ2) is 10.1. The van der Waals surface area contributed by atoms with Crippen molar-refractivity contribution in [2.24, 2.45) is 5.92 Å². The van der Waals surface area contributed by atoms with Crippen molar-refractivity contribution < 1.29 is 19.1 Å². The topological polar surface area (TPSA) is 70.2 Å². The Morgan fingerprint density at radius 3 is 2.20 bits per heavy atom. The quantitative estimate of drug-likeness (QED) is 0.666. The average Bonchev–Trinajstić information content (AvgIpc) is 3.25. The van der Waals surface area contributed by atoms with Crippen LogP contribution in [0.4, 0.5) is 0 Å². The molecule has 0 aliphatic carbocycles. The Morgan fingerprint density at radius 2 is 1.54 bits per heavy atom. The summed E-state index contributed by atoms with van der Waals surface area (Å²) in [5.74, 6) is 1.20. The number of hydrogen-bond acceptors (Lipinski definition) is 4. The summed E-state index contributed by atoms with van der Waals surface area (Å²) in [5, 5.41) is 0. The lowest BCUT2D eigenvalue weighted by Gasteiger charge is -2.39. The smallest absolute Gasteiger partial charge is 0.254 e. The summed E-state index contributed by atoms with van der Waals surface area (Å²) in [5.41, 5.74) is 2.89. The van der Waals surface area contributed by atoms with Crippen molar-refractivity contribution in [2.45, 2.75) is 44.7 Å². The Kier molecular flexibility index (Phi) is 6.75. The van der Waals surface area contributed by atoms with Crippen LogP contribution < -0.4 is 4.74 Å². The normalized spacial score (nSPS) is 19.1. The van der Waals surface area contributed by atoms with E-state index in [1.165, 1.54) is 0 Å². The maximum absolute atomic E-state index is 13.2. The molecule has 5 rings (SSSR count). The molecule has 0 bridgehead atoms. The Labute approximate surface area is 206 Å². The molecule has 2 aromatic carbocycles. The minimum atomic E-state index is -0.0192. The van der Waals surface area contributed by atoms with Crippen molar-refractivity contribution in [2.75, 3.05) is 33.3 Å². The highest BCUT2D eigenvalue weighted by atomic mass is 16.5. The summed E-state index contributed by atoms with van der Waals surface area (Å²) < 4.78 is 5.18. The fraction of sp³-hybridized carbons (Fsp3) is 0.464. The number of benzene rings is 2. The Balaban J connectivity index is 1.08. The average molecular weight is 476 g/mol. The van der Waals surface area contributed by atoms with E-state index in [4.69, 9.17) is 4.74 Å². The molecule has 0 spiro atoms. The van der Waals surface area contributed by atoms with Gasteiger partial charge in [-0.15, -0.1) is 0 Å². The summed E-state index contributed by atoms with van der Waals surface area (Å²) in [4.78, 5) is 44.6. The van der Waals surface area contributed by atoms with E-state index < -0.39 is 0 Å². The Hall–Kier alpha value is -3.35. The number of nitrogens with zero attached hydrogens (tertiary/aromatic N) is 3. The number of fused-ring (bicyclic) bond motifs is 1. The maximum atomic E-state index is 13.2. The third-order valence-corrected chi connectivity index (χ3v) is 7.78. The van der Waals surface area contributed by atoms with Gasteiger partial charge in [0, 0.05) is 50.2 Å². The summed E-state index contributed by atoms with van der Waals surface area (Å²) >= 11 is 0. The Morgan fingerprint density at radius 1 is 0.886 bits per heavy atom. The van der Waals surface area contributed by atoms with Gasteiger partial charge < -0.3 is 19.4 Å². The Bertz CT molecular complexity index is 1080. The van der Waals surface area contributed by atoms with E-state index >= 15 is 0 Å². The van der Waals surface area contributed by atoms with Crippen LogP contribution in [0.25, 0.3) is 0 Å². The molecule has 184 valence electrons. The fourth-order valence-corrected chi connectivity index (χ4v) is 5.63. The predicted molar refractivity (Wildman–Crippen MR) is 132 cm³/mol. The molecule has 7 nitrogen and oxygen atoms in total. The molecule has 3 aliphatic rings. The van der Waals surface area contributed by atoms with Crippen LogP contribution >= 0.6 is 0 Å². The minimum Gasteiger partial charge on any atom is -0.497 e. The number of carbonyl (C=O) groups excluding carboxylic acids is 3. The van der Waals surface area contributed by atoms with Gasteiger partial charge in [0.05, 0.1) is 13.5 Å². The van der Waals surface area contributed by atoms with Crippen LogP contribution in [0.15, 0.2) is 48.5 Å². The molecule has 3 aliphatic heterocycles. The monoisotopic (exact) mass is 475 g/mol. The third-order valence-electron chi connectivity index (χ3n) is 7.78. The van der Waals surface area contributed by atoms with Crippen LogP contribution in [0.3, 0.4) is 0 Å². The van der Waals surface area contributed by atoms with E-state index in [1.54, 1.807) is 7.11 Å². The molecule has 2 saturated heterocycles. The lowest BCUT2D eigenvalue weighted by atomic mass is 9.93. The number of carbonyl (C=O) groups is 3. The van der Waals surface area contributed by atoms with Crippen LogP contribution in [0.2, 0.25) is 0 Å². The first-order chi connectivity index (χ1) is 17.0. The van der Waals surface area contributed by atoms with Crippen LogP contribution in [0.5, 0.6) is 5.75 Å². The van der Waals surface area contributed by atoms with Gasteiger partial charge in [-0.05, 0) is 55.0 Å². The molecule has 0 saturated carbocycles. The molecule has 7 heteroatoms. The van der Waals surface area contributed by atoms with E-state index in [0.29, 0.717) is 52.0 Å². The molecule has 0 radical (unpaired) electrons. The van der Waals surface area contributed by atoms with Gasteiger partial charge >= 0.3 is 0 Å². The summed E-state index contributed by atoms with van der Waals surface area (Å²) in [6.45, 7) is 3.32. The first kappa shape index (κ1) is 23.4. The largest absolute Gasteiger partial charge is 0.497 e. The van der Waals surface area contributed by atoms with E-state index in [1.807, 2.05) is 63.2 Å². The van der Waals surface area contributed by atoms with E-state index in [0.717, 1.165) is 35.3 Å². The van der Waals surface area contributed by atoms with Crippen LogP contribution in [0.1, 0.15) is 47.2 Å². The molecule has 2 aromatic rings. The van der Waals surface area contributed by atoms with Gasteiger partial charge in [0.15, 0.2) is 0 Å². The number of likely N-dealkylation sites (tertiary alicyclic amines) is 2. The van der Waals surface area contributed by atoms with E-state index in [2.05, 4.69) is 0 Å². The van der Waals surface area contributed by atoms with Gasteiger partial charge in [-0.2, -0.15) is 0 Å². The summed E-state index contributed by atoms with van der Waals surface area (Å²) in [6.07, 6.45) is 3.45. The number of amides is 3. The number of rotatable bonds is 5. The van der Waals surface area contributed by atoms with E-state index in [9.17, 15) is 14.4 Å². The second-order valence-electron chi connectivity index (χ2n) is 9.83. The van der Waals surface area contributed by atoms with Crippen molar-refractivity contribution in [1.82, 2.24) is 14.7 Å². The predicted octanol–water partition coefficient (Wildman–Crippen LogP) is 3.12. The SMILES string of the molecule is COc1ccc(CC(=O)N2CCC(C(=O)N3CCC(N4Cc5ccccc5C4=O)CC3)CC2)cc1. The van der Waals surface area contributed by atoms with Gasteiger partial charge in [-0.1, -0.05) is 30.3 Å². The number of methoxy groups -OCH3 is 1. The molecule has 35 heavy (non-hydrogen) atoms. The lowest BCUT2D eigenvalue weighted by molar-refractivity contribution is -0.141. The molecular weight excluding hydrogens is 442 g/mol. The van der Waals surface area contributed by atoms with Gasteiger partial charge in [-0.3, -0.25) is 14.4 Å². The number of piperidine rings is 2. The number of hydrogen-bond donors (Lipinski definition) is 0. The molecule has 0 aromatic heterocycles. The highest BCUT2D eigenvalue weighted by Gasteiger charge is 2.37. The lowest BCUT2D eigenvalue weighted by Crippen LogP contribution is -2.50. The highest BCUT2D eigenvalue weighted by molar-refractivity contribution is 5.98. The van der Waals surface area contributed by atoms with Gasteiger partial charge in [0.1, 0.15) is 5.75 Å². The molecule has 3 amide bonds. The fourth-order valence-electron chi connectivity index (χ4n) is 5.63. The zero-order valence-electron chi connectivity index (χ0n) is 20.3. The third kappa shape index (κ3) is 4.90. The zero-order valence-corrected chi connectivity index (χ0v) is 20.3. The molecule has 0 unspecified atom stereocenters. The molecule has 2 fully saturated rings. The van der Waals surface area contributed by atoms with Gasteiger partial charge in [-0.25, -0.2) is 0 Å². The molecular formula is C28H33N3O4. The second-order valence-corrected chi connectivity index (χ2v) is 9.83. The van der Waals surface area contributed by atoms with Crippen molar-refractivity contribution >= 4 is 17.7 Å². The highest BCUT2D eigenvalue weighted by Crippen LogP contribution is 2.29. The minimum absolute atomic E-state index is 0.0192.